The van der Waals surface area contributed by atoms with Crippen molar-refractivity contribution >= 4 is 15.7 Å². The number of aromatic nitrogens is 2. The van der Waals surface area contributed by atoms with E-state index in [9.17, 15) is 17.9 Å². The van der Waals surface area contributed by atoms with Crippen LogP contribution in [0.1, 0.15) is 19.5 Å². The molecule has 0 amide bonds. The summed E-state index contributed by atoms with van der Waals surface area (Å²) in [5, 5.41) is 19.1. The number of nitrogens with one attached hydrogen (secondary N) is 3. The summed E-state index contributed by atoms with van der Waals surface area (Å²) in [6.45, 7) is 3.06. The average molecular weight is 342 g/mol. The van der Waals surface area contributed by atoms with Gasteiger partial charge in [-0.2, -0.15) is 5.10 Å². The van der Waals surface area contributed by atoms with Gasteiger partial charge in [-0.15, -0.1) is 0 Å². The molecule has 2 rings (SSSR count). The van der Waals surface area contributed by atoms with E-state index < -0.39 is 21.4 Å². The van der Waals surface area contributed by atoms with Crippen LogP contribution < -0.4 is 10.0 Å². The van der Waals surface area contributed by atoms with Gasteiger partial charge < -0.3 is 10.4 Å². The number of nitrogens with zero attached hydrogens (tertiary/aromatic N) is 1. The Hall–Kier alpha value is -1.97. The first-order valence-electron chi connectivity index (χ1n) is 6.91. The smallest absolute Gasteiger partial charge is 0.242 e. The number of H-pyrrole nitrogens is 1. The second-order valence-corrected chi connectivity index (χ2v) is 7.45. The molecule has 126 valence electrons. The first-order valence-corrected chi connectivity index (χ1v) is 8.39. The number of hydrogen-bond acceptors (Lipinski definition) is 5. The first-order chi connectivity index (χ1) is 10.7. The summed E-state index contributed by atoms with van der Waals surface area (Å²) < 4.78 is 40.5. The van der Waals surface area contributed by atoms with Crippen molar-refractivity contribution in [1.29, 1.82) is 0 Å². The van der Waals surface area contributed by atoms with Crippen LogP contribution in [-0.2, 0) is 16.6 Å². The topological polar surface area (TPSA) is 107 Å². The number of benzene rings is 1. The largest absolute Gasteiger partial charge is 0.389 e. The molecule has 0 saturated heterocycles. The molecule has 0 aliphatic rings. The summed E-state index contributed by atoms with van der Waals surface area (Å²) in [5.74, 6) is -0.666. The Balaban J connectivity index is 2.23. The lowest BCUT2D eigenvalue weighted by atomic mass is 10.1. The van der Waals surface area contributed by atoms with Gasteiger partial charge in [-0.05, 0) is 38.1 Å². The Bertz CT molecular complexity index is 755. The van der Waals surface area contributed by atoms with Gasteiger partial charge in [0.2, 0.25) is 10.0 Å². The molecule has 0 bridgehead atoms. The van der Waals surface area contributed by atoms with Crippen LogP contribution in [0.25, 0.3) is 0 Å². The van der Waals surface area contributed by atoms with Crippen molar-refractivity contribution in [3.05, 3.63) is 42.0 Å². The van der Waals surface area contributed by atoms with Gasteiger partial charge in [0.1, 0.15) is 10.7 Å². The molecule has 0 aliphatic carbocycles. The molecule has 1 heterocycles. The zero-order valence-corrected chi connectivity index (χ0v) is 13.6. The molecule has 9 heteroatoms. The van der Waals surface area contributed by atoms with Gasteiger partial charge in [-0.25, -0.2) is 17.5 Å². The number of aromatic amines is 1. The summed E-state index contributed by atoms with van der Waals surface area (Å²) in [5.41, 5.74) is -0.212. The van der Waals surface area contributed by atoms with Crippen molar-refractivity contribution < 1.29 is 17.9 Å². The fourth-order valence-corrected chi connectivity index (χ4v) is 3.18. The second kappa shape index (κ2) is 6.65. The summed E-state index contributed by atoms with van der Waals surface area (Å²) in [6, 6.07) is 5.19. The fraction of sp³-hybridized carbons (Fsp3) is 0.357. The summed E-state index contributed by atoms with van der Waals surface area (Å²) in [7, 11) is -3.98. The van der Waals surface area contributed by atoms with Crippen LogP contribution in [0.4, 0.5) is 10.1 Å². The fourth-order valence-electron chi connectivity index (χ4n) is 1.79. The average Bonchev–Trinajstić information content (AvgIpc) is 2.96. The summed E-state index contributed by atoms with van der Waals surface area (Å²) >= 11 is 0. The molecule has 1 aromatic carbocycles. The molecular formula is C14H19FN4O3S. The van der Waals surface area contributed by atoms with Crippen LogP contribution >= 0.6 is 0 Å². The van der Waals surface area contributed by atoms with E-state index in [-0.39, 0.29) is 17.1 Å². The Labute approximate surface area is 134 Å². The predicted octanol–water partition coefficient (Wildman–Crippen LogP) is 1.21. The van der Waals surface area contributed by atoms with Crippen molar-refractivity contribution in [1.82, 2.24) is 14.9 Å². The number of anilines is 1. The van der Waals surface area contributed by atoms with Gasteiger partial charge in [-0.1, -0.05) is 0 Å². The Morgan fingerprint density at radius 2 is 2.09 bits per heavy atom. The van der Waals surface area contributed by atoms with E-state index in [1.807, 2.05) is 0 Å². The minimum atomic E-state index is -3.98. The molecule has 1 aromatic heterocycles. The summed E-state index contributed by atoms with van der Waals surface area (Å²) in [6.07, 6.45) is 1.57. The van der Waals surface area contributed by atoms with Crippen LogP contribution in [0.5, 0.6) is 0 Å². The third-order valence-corrected chi connectivity index (χ3v) is 4.40. The van der Waals surface area contributed by atoms with E-state index >= 15 is 0 Å². The zero-order valence-electron chi connectivity index (χ0n) is 12.8. The van der Waals surface area contributed by atoms with E-state index in [0.29, 0.717) is 6.54 Å². The Morgan fingerprint density at radius 3 is 2.70 bits per heavy atom. The molecule has 0 aliphatic heterocycles. The predicted molar refractivity (Wildman–Crippen MR) is 83.8 cm³/mol. The molecule has 2 aromatic rings. The van der Waals surface area contributed by atoms with Crippen LogP contribution in [0.3, 0.4) is 0 Å². The molecule has 0 atom stereocenters. The van der Waals surface area contributed by atoms with Crippen LogP contribution in [0, 0.1) is 5.82 Å². The SMILES string of the molecule is CC(C)(O)CNS(=O)(=O)c1cc(F)ccc1NCc1ccn[nH]1. The van der Waals surface area contributed by atoms with Crippen molar-refractivity contribution in [2.24, 2.45) is 0 Å². The van der Waals surface area contributed by atoms with E-state index in [1.165, 1.54) is 26.0 Å². The van der Waals surface area contributed by atoms with Crippen molar-refractivity contribution in [2.75, 3.05) is 11.9 Å². The maximum atomic E-state index is 13.5. The molecule has 0 saturated carbocycles. The lowest BCUT2D eigenvalue weighted by Gasteiger charge is -2.19. The Morgan fingerprint density at radius 1 is 1.35 bits per heavy atom. The highest BCUT2D eigenvalue weighted by atomic mass is 32.2. The van der Waals surface area contributed by atoms with E-state index in [0.717, 1.165) is 11.8 Å². The number of aliphatic hydroxyl groups is 1. The molecule has 0 fully saturated rings. The number of halogens is 1. The highest BCUT2D eigenvalue weighted by molar-refractivity contribution is 7.89. The summed E-state index contributed by atoms with van der Waals surface area (Å²) in [4.78, 5) is -0.221. The number of hydrogen-bond donors (Lipinski definition) is 4. The third kappa shape index (κ3) is 5.02. The van der Waals surface area contributed by atoms with Gasteiger partial charge in [0.25, 0.3) is 0 Å². The lowest BCUT2D eigenvalue weighted by Crippen LogP contribution is -2.38. The molecule has 7 nitrogen and oxygen atoms in total. The highest BCUT2D eigenvalue weighted by Crippen LogP contribution is 2.23. The monoisotopic (exact) mass is 342 g/mol. The van der Waals surface area contributed by atoms with Crippen molar-refractivity contribution in [3.63, 3.8) is 0 Å². The standard InChI is InChI=1S/C14H19FN4O3S/c1-14(2,20)9-18-23(21,22)13-7-10(15)3-4-12(13)16-8-11-5-6-17-19-11/h3-7,16,18,20H,8-9H2,1-2H3,(H,17,19). The first kappa shape index (κ1) is 17.4. The molecule has 0 spiro atoms. The van der Waals surface area contributed by atoms with Gasteiger partial charge in [-0.3, -0.25) is 5.10 Å². The zero-order chi connectivity index (χ0) is 17.1. The van der Waals surface area contributed by atoms with Crippen LogP contribution in [0.15, 0.2) is 35.4 Å². The second-order valence-electron chi connectivity index (χ2n) is 5.71. The van der Waals surface area contributed by atoms with Crippen molar-refractivity contribution in [2.45, 2.75) is 30.9 Å². The third-order valence-electron chi connectivity index (χ3n) is 2.96. The molecule has 0 unspecified atom stereocenters. The molecule has 23 heavy (non-hydrogen) atoms. The van der Waals surface area contributed by atoms with Gasteiger partial charge >= 0.3 is 0 Å². The lowest BCUT2D eigenvalue weighted by molar-refractivity contribution is 0.0857. The number of sulfonamides is 1. The molecule has 0 radical (unpaired) electrons. The highest BCUT2D eigenvalue weighted by Gasteiger charge is 2.23. The number of rotatable bonds is 7. The van der Waals surface area contributed by atoms with E-state index in [2.05, 4.69) is 20.2 Å². The normalized spacial score (nSPS) is 12.3. The minimum absolute atomic E-state index is 0.189. The molecular weight excluding hydrogens is 323 g/mol. The van der Waals surface area contributed by atoms with Crippen LogP contribution in [-0.4, -0.2) is 35.9 Å². The van der Waals surface area contributed by atoms with Crippen molar-refractivity contribution in [3.8, 4) is 0 Å². The van der Waals surface area contributed by atoms with Crippen LogP contribution in [0.2, 0.25) is 0 Å². The molecule has 4 N–H and O–H groups in total. The van der Waals surface area contributed by atoms with Gasteiger partial charge in [0.15, 0.2) is 0 Å². The van der Waals surface area contributed by atoms with E-state index in [1.54, 1.807) is 12.3 Å². The van der Waals surface area contributed by atoms with Gasteiger partial charge in [0, 0.05) is 12.7 Å². The van der Waals surface area contributed by atoms with E-state index in [4.69, 9.17) is 0 Å². The van der Waals surface area contributed by atoms with Gasteiger partial charge in [0.05, 0.1) is 23.5 Å². The quantitative estimate of drug-likeness (QED) is 0.605. The maximum absolute atomic E-state index is 13.5. The maximum Gasteiger partial charge on any atom is 0.242 e. The Kier molecular flexibility index (Phi) is 5.03. The minimum Gasteiger partial charge on any atom is -0.389 e.